The number of nitrogens with zero attached hydrogens (tertiary/aromatic N) is 4. The van der Waals surface area contributed by atoms with Crippen LogP contribution in [0, 0.1) is 11.3 Å². The summed E-state index contributed by atoms with van der Waals surface area (Å²) < 4.78 is 10.9. The number of nitriles is 1. The van der Waals surface area contributed by atoms with Crippen molar-refractivity contribution in [3.8, 4) is 22.9 Å². The van der Waals surface area contributed by atoms with E-state index in [0.717, 1.165) is 29.7 Å². The van der Waals surface area contributed by atoms with Crippen LogP contribution in [0.2, 0.25) is 0 Å². The smallest absolute Gasteiger partial charge is 0.265 e. The molecule has 0 saturated carbocycles. The molecule has 3 heterocycles. The standard InChI is InChI=1S/C31H37N7O3/c1-30(2)15-23(16-31(3,4)37-30)34-28-24(21-8-6-7-20(13-21)17-32)18-33-29(36-28)35-22-9-10-25-26(14-22)41-19-27(39)38(25)11-12-40-5/h6-10,13-14,18,23,37H,11-12,15-16,19H2,1-5H3,(H2,33,34,35,36). The van der Waals surface area contributed by atoms with Crippen molar-refractivity contribution in [1.29, 1.82) is 5.26 Å². The average molecular weight is 556 g/mol. The van der Waals surface area contributed by atoms with Crippen LogP contribution in [-0.4, -0.2) is 59.9 Å². The van der Waals surface area contributed by atoms with Gasteiger partial charge in [-0.25, -0.2) is 4.98 Å². The third kappa shape index (κ3) is 6.59. The van der Waals surface area contributed by atoms with Gasteiger partial charge in [0.15, 0.2) is 6.61 Å². The Morgan fingerprint density at radius 3 is 2.68 bits per heavy atom. The lowest BCUT2D eigenvalue weighted by Crippen LogP contribution is -2.60. The summed E-state index contributed by atoms with van der Waals surface area (Å²) in [5.74, 6) is 1.62. The molecule has 0 spiro atoms. The van der Waals surface area contributed by atoms with Crippen LogP contribution in [0.25, 0.3) is 11.1 Å². The molecule has 10 nitrogen and oxygen atoms in total. The maximum absolute atomic E-state index is 12.4. The predicted octanol–water partition coefficient (Wildman–Crippen LogP) is 4.85. The number of aromatic nitrogens is 2. The van der Waals surface area contributed by atoms with E-state index in [9.17, 15) is 10.1 Å². The van der Waals surface area contributed by atoms with Crippen molar-refractivity contribution >= 4 is 29.0 Å². The molecule has 1 saturated heterocycles. The van der Waals surface area contributed by atoms with Crippen LogP contribution in [0.1, 0.15) is 46.1 Å². The van der Waals surface area contributed by atoms with Crippen LogP contribution in [0.3, 0.4) is 0 Å². The number of carbonyl (C=O) groups excluding carboxylic acids is 1. The van der Waals surface area contributed by atoms with Crippen molar-refractivity contribution in [2.24, 2.45) is 0 Å². The molecule has 0 atom stereocenters. The molecule has 0 bridgehead atoms. The van der Waals surface area contributed by atoms with Gasteiger partial charge < -0.3 is 30.3 Å². The third-order valence-corrected chi connectivity index (χ3v) is 7.30. The number of amides is 1. The lowest BCUT2D eigenvalue weighted by molar-refractivity contribution is -0.121. The van der Waals surface area contributed by atoms with E-state index in [4.69, 9.17) is 14.5 Å². The molecule has 10 heteroatoms. The first-order valence-electron chi connectivity index (χ1n) is 13.8. The van der Waals surface area contributed by atoms with Gasteiger partial charge in [0.2, 0.25) is 5.95 Å². The molecular formula is C31H37N7O3. The first-order chi connectivity index (χ1) is 19.6. The number of methoxy groups -OCH3 is 1. The summed E-state index contributed by atoms with van der Waals surface area (Å²) in [6, 6.07) is 15.4. The summed E-state index contributed by atoms with van der Waals surface area (Å²) in [5, 5.41) is 20.2. The number of hydrogen-bond acceptors (Lipinski definition) is 9. The highest BCUT2D eigenvalue weighted by Gasteiger charge is 2.38. The number of rotatable bonds is 8. The Bertz CT molecular complexity index is 1460. The molecule has 2 aliphatic heterocycles. The maximum Gasteiger partial charge on any atom is 0.265 e. The molecule has 1 amide bonds. The van der Waals surface area contributed by atoms with Crippen LogP contribution in [-0.2, 0) is 9.53 Å². The Morgan fingerprint density at radius 2 is 1.95 bits per heavy atom. The van der Waals surface area contributed by atoms with Gasteiger partial charge in [-0.05, 0) is 70.4 Å². The lowest BCUT2D eigenvalue weighted by Gasteiger charge is -2.46. The molecule has 2 aliphatic rings. The second-order valence-electron chi connectivity index (χ2n) is 11.9. The highest BCUT2D eigenvalue weighted by molar-refractivity contribution is 5.98. The van der Waals surface area contributed by atoms with Gasteiger partial charge in [0.1, 0.15) is 11.6 Å². The molecule has 3 N–H and O–H groups in total. The van der Waals surface area contributed by atoms with Crippen LogP contribution in [0.15, 0.2) is 48.7 Å². The van der Waals surface area contributed by atoms with E-state index < -0.39 is 0 Å². The summed E-state index contributed by atoms with van der Waals surface area (Å²) in [6.07, 6.45) is 3.62. The topological polar surface area (TPSA) is 124 Å². The Kier molecular flexibility index (Phi) is 7.84. The van der Waals surface area contributed by atoms with Crippen molar-refractivity contribution in [2.45, 2.75) is 57.7 Å². The molecule has 1 fully saturated rings. The van der Waals surface area contributed by atoms with Gasteiger partial charge in [-0.3, -0.25) is 4.79 Å². The fourth-order valence-corrected chi connectivity index (χ4v) is 5.98. The first-order valence-corrected chi connectivity index (χ1v) is 13.8. The Balaban J connectivity index is 1.46. The zero-order valence-electron chi connectivity index (χ0n) is 24.2. The largest absolute Gasteiger partial charge is 0.481 e. The predicted molar refractivity (Wildman–Crippen MR) is 160 cm³/mol. The fourth-order valence-electron chi connectivity index (χ4n) is 5.98. The van der Waals surface area contributed by atoms with Gasteiger partial charge in [0.05, 0.1) is 23.9 Å². The average Bonchev–Trinajstić information content (AvgIpc) is 2.91. The summed E-state index contributed by atoms with van der Waals surface area (Å²) in [5.41, 5.74) is 3.62. The molecule has 0 aliphatic carbocycles. The quantitative estimate of drug-likeness (QED) is 0.358. The number of hydrogen-bond donors (Lipinski definition) is 3. The second-order valence-corrected chi connectivity index (χ2v) is 11.9. The molecule has 5 rings (SSSR count). The highest BCUT2D eigenvalue weighted by Crippen LogP contribution is 2.37. The summed E-state index contributed by atoms with van der Waals surface area (Å²) >= 11 is 0. The van der Waals surface area contributed by atoms with E-state index in [-0.39, 0.29) is 29.6 Å². The first kappa shape index (κ1) is 28.3. The minimum absolute atomic E-state index is 0.0237. The van der Waals surface area contributed by atoms with Gasteiger partial charge >= 0.3 is 0 Å². The van der Waals surface area contributed by atoms with Crippen molar-refractivity contribution in [2.75, 3.05) is 42.4 Å². The summed E-state index contributed by atoms with van der Waals surface area (Å²) in [4.78, 5) is 23.6. The van der Waals surface area contributed by atoms with Crippen LogP contribution < -0.4 is 25.6 Å². The van der Waals surface area contributed by atoms with Crippen molar-refractivity contribution in [3.63, 3.8) is 0 Å². The molecule has 0 radical (unpaired) electrons. The number of fused-ring (bicyclic) bond motifs is 1. The molecular weight excluding hydrogens is 518 g/mol. The third-order valence-electron chi connectivity index (χ3n) is 7.30. The van der Waals surface area contributed by atoms with E-state index in [1.165, 1.54) is 0 Å². The van der Waals surface area contributed by atoms with E-state index in [1.807, 2.05) is 36.4 Å². The molecule has 2 aromatic carbocycles. The van der Waals surface area contributed by atoms with Gasteiger partial charge in [-0.2, -0.15) is 10.2 Å². The zero-order chi connectivity index (χ0) is 29.2. The van der Waals surface area contributed by atoms with Crippen LogP contribution in [0.4, 0.5) is 23.1 Å². The SMILES string of the molecule is COCCN1C(=O)COc2cc(Nc3ncc(-c4cccc(C#N)c4)c(NC4CC(C)(C)NC(C)(C)C4)n3)ccc21. The number of nitrogens with one attached hydrogen (secondary N) is 3. The minimum Gasteiger partial charge on any atom is -0.481 e. The normalized spacial score (nSPS) is 17.8. The van der Waals surface area contributed by atoms with Gasteiger partial charge in [0, 0.05) is 54.3 Å². The molecule has 0 unspecified atom stereocenters. The van der Waals surface area contributed by atoms with Gasteiger partial charge in [0.25, 0.3) is 5.91 Å². The van der Waals surface area contributed by atoms with E-state index >= 15 is 0 Å². The van der Waals surface area contributed by atoms with E-state index in [1.54, 1.807) is 24.3 Å². The number of benzene rings is 2. The molecule has 1 aromatic heterocycles. The van der Waals surface area contributed by atoms with Crippen molar-refractivity contribution in [1.82, 2.24) is 15.3 Å². The van der Waals surface area contributed by atoms with E-state index in [0.29, 0.717) is 41.9 Å². The van der Waals surface area contributed by atoms with Gasteiger partial charge in [-0.1, -0.05) is 12.1 Å². The number of ether oxygens (including phenoxy) is 2. The van der Waals surface area contributed by atoms with Crippen molar-refractivity contribution in [3.05, 3.63) is 54.2 Å². The Morgan fingerprint density at radius 1 is 1.17 bits per heavy atom. The van der Waals surface area contributed by atoms with Crippen molar-refractivity contribution < 1.29 is 14.3 Å². The fraction of sp³-hybridized carbons (Fsp3) is 0.419. The maximum atomic E-state index is 12.4. The number of anilines is 4. The molecule has 3 aromatic rings. The Hall–Kier alpha value is -4.20. The highest BCUT2D eigenvalue weighted by atomic mass is 16.5. The van der Waals surface area contributed by atoms with Gasteiger partial charge in [-0.15, -0.1) is 0 Å². The van der Waals surface area contributed by atoms with E-state index in [2.05, 4.69) is 54.7 Å². The van der Waals surface area contributed by atoms with Crippen LogP contribution >= 0.6 is 0 Å². The monoisotopic (exact) mass is 555 g/mol. The number of carbonyl (C=O) groups is 1. The Labute approximate surface area is 241 Å². The number of piperidine rings is 1. The zero-order valence-corrected chi connectivity index (χ0v) is 24.2. The second kappa shape index (κ2) is 11.4. The molecule has 41 heavy (non-hydrogen) atoms. The molecule has 214 valence electrons. The lowest BCUT2D eigenvalue weighted by atomic mass is 9.79. The summed E-state index contributed by atoms with van der Waals surface area (Å²) in [7, 11) is 1.61. The minimum atomic E-state index is -0.102. The summed E-state index contributed by atoms with van der Waals surface area (Å²) in [6.45, 7) is 9.73. The van der Waals surface area contributed by atoms with Crippen LogP contribution in [0.5, 0.6) is 5.75 Å².